The molecular weight excluding hydrogens is 578 g/mol. The van der Waals surface area contributed by atoms with Gasteiger partial charge in [0.1, 0.15) is 11.3 Å². The fourth-order valence-corrected chi connectivity index (χ4v) is 1.95. The van der Waals surface area contributed by atoms with Crippen LogP contribution in [0.5, 0.6) is 5.75 Å². The lowest BCUT2D eigenvalue weighted by Crippen LogP contribution is -2.13. The van der Waals surface area contributed by atoms with Crippen molar-refractivity contribution < 1.29 is 27.1 Å². The fourth-order valence-electron chi connectivity index (χ4n) is 1.95. The van der Waals surface area contributed by atoms with E-state index < -0.39 is 40.2 Å². The summed E-state index contributed by atoms with van der Waals surface area (Å²) in [5.74, 6) is -7.23. The van der Waals surface area contributed by atoms with E-state index in [1.54, 1.807) is 6.92 Å². The van der Waals surface area contributed by atoms with E-state index in [1.807, 2.05) is 0 Å². The van der Waals surface area contributed by atoms with Crippen molar-refractivity contribution in [1.82, 2.24) is 0 Å². The molecule has 26 heavy (non-hydrogen) atoms. The van der Waals surface area contributed by atoms with Crippen LogP contribution in [0.2, 0.25) is 0 Å². The van der Waals surface area contributed by atoms with Gasteiger partial charge in [0.05, 0.1) is 6.61 Å². The summed E-state index contributed by atoms with van der Waals surface area (Å²) in [4.78, 5) is 12.1. The number of halogens is 6. The Morgan fingerprint density at radius 1 is 0.923 bits per heavy atom. The summed E-state index contributed by atoms with van der Waals surface area (Å²) < 4.78 is 59.8. The smallest absolute Gasteiger partial charge is 0.199 e. The molecule has 0 radical (unpaired) electrons. The van der Waals surface area contributed by atoms with E-state index in [-0.39, 0.29) is 20.4 Å². The van der Waals surface area contributed by atoms with Gasteiger partial charge < -0.3 is 4.74 Å². The lowest BCUT2D eigenvalue weighted by molar-refractivity contribution is 0.102. The molecule has 0 N–H and O–H groups in total. The minimum atomic E-state index is -1.70. The van der Waals surface area contributed by atoms with Crippen molar-refractivity contribution in [2.45, 2.75) is 28.7 Å². The third kappa shape index (κ3) is 5.80. The standard InChI is InChI=1S/C16H12F4O2.2CH4.I2/c1-3-22-10-6-4-9(5-7-10)16(21)11-14(19)12(17)8(2)13(18)15(11)20;;;1-2/h4-7H,3H2,1-2H3;2*1H4;. The number of rotatable bonds is 4. The van der Waals surface area contributed by atoms with Crippen LogP contribution in [0.4, 0.5) is 17.6 Å². The first-order valence-corrected chi connectivity index (χ1v) is 12.9. The van der Waals surface area contributed by atoms with Crippen LogP contribution in [0.15, 0.2) is 24.3 Å². The van der Waals surface area contributed by atoms with E-state index >= 15 is 0 Å². The Balaban J connectivity index is 0. The van der Waals surface area contributed by atoms with E-state index in [4.69, 9.17) is 4.74 Å². The third-order valence-electron chi connectivity index (χ3n) is 3.14. The highest BCUT2D eigenvalue weighted by Crippen LogP contribution is 2.26. The summed E-state index contributed by atoms with van der Waals surface area (Å²) in [6.07, 6.45) is 0. The molecule has 2 aromatic rings. The Hall–Kier alpha value is -0.910. The predicted octanol–water partition coefficient (Wildman–Crippen LogP) is 7.22. The van der Waals surface area contributed by atoms with Crippen LogP contribution in [0.3, 0.4) is 0 Å². The maximum absolute atomic E-state index is 13.8. The maximum Gasteiger partial charge on any atom is 0.199 e. The zero-order valence-corrected chi connectivity index (χ0v) is 16.9. The van der Waals surface area contributed by atoms with Gasteiger partial charge in [0.2, 0.25) is 0 Å². The molecule has 0 spiro atoms. The number of hydrogen-bond acceptors (Lipinski definition) is 2. The van der Waals surface area contributed by atoms with Gasteiger partial charge in [-0.05, 0) is 38.1 Å². The number of benzene rings is 2. The Labute approximate surface area is 174 Å². The molecule has 0 aromatic heterocycles. The molecule has 2 rings (SSSR count). The first-order valence-electron chi connectivity index (χ1n) is 6.62. The number of ketones is 1. The minimum Gasteiger partial charge on any atom is -0.494 e. The molecule has 0 aliphatic rings. The zero-order chi connectivity index (χ0) is 18.4. The normalized spacial score (nSPS) is 9.23. The lowest BCUT2D eigenvalue weighted by atomic mass is 10.00. The Kier molecular flexibility index (Phi) is 13.1. The van der Waals surface area contributed by atoms with E-state index in [0.29, 0.717) is 12.4 Å². The predicted molar refractivity (Wildman–Crippen MR) is 114 cm³/mol. The van der Waals surface area contributed by atoms with Gasteiger partial charge >= 0.3 is 0 Å². The van der Waals surface area contributed by atoms with E-state index in [1.165, 1.54) is 24.3 Å². The highest BCUT2D eigenvalue weighted by atomic mass is 128. The molecule has 146 valence electrons. The second kappa shape index (κ2) is 12.5. The van der Waals surface area contributed by atoms with Crippen molar-refractivity contribution >= 4 is 43.0 Å². The summed E-state index contributed by atoms with van der Waals surface area (Å²) in [6, 6.07) is 5.38. The van der Waals surface area contributed by atoms with Crippen LogP contribution >= 0.6 is 37.2 Å². The van der Waals surface area contributed by atoms with Crippen molar-refractivity contribution in [3.8, 4) is 5.75 Å². The van der Waals surface area contributed by atoms with Crippen LogP contribution in [-0.2, 0) is 0 Å². The number of carbonyl (C=O) groups is 1. The van der Waals surface area contributed by atoms with Crippen LogP contribution in [0.1, 0.15) is 43.3 Å². The van der Waals surface area contributed by atoms with E-state index in [2.05, 4.69) is 37.2 Å². The molecule has 0 unspecified atom stereocenters. The molecule has 0 amide bonds. The van der Waals surface area contributed by atoms with Gasteiger partial charge in [0.15, 0.2) is 29.1 Å². The molecule has 0 atom stereocenters. The van der Waals surface area contributed by atoms with Crippen LogP contribution in [0, 0.1) is 30.2 Å². The molecule has 8 heteroatoms. The summed E-state index contributed by atoms with van der Waals surface area (Å²) in [7, 11) is 0. The summed E-state index contributed by atoms with van der Waals surface area (Å²) in [6.45, 7) is 3.06. The summed E-state index contributed by atoms with van der Waals surface area (Å²) in [5.41, 5.74) is -2.16. The summed E-state index contributed by atoms with van der Waals surface area (Å²) in [5, 5.41) is 0. The Bertz CT molecular complexity index is 706. The second-order valence-electron chi connectivity index (χ2n) is 4.54. The SMILES string of the molecule is C.C.CCOc1ccc(C(=O)c2c(F)c(F)c(C)c(F)c2F)cc1.II. The first kappa shape index (κ1) is 27.3. The number of ether oxygens (including phenoxy) is 1. The van der Waals surface area contributed by atoms with Crippen molar-refractivity contribution in [3.63, 3.8) is 0 Å². The van der Waals surface area contributed by atoms with Crippen molar-refractivity contribution in [2.24, 2.45) is 0 Å². The third-order valence-corrected chi connectivity index (χ3v) is 3.14. The highest BCUT2D eigenvalue weighted by Gasteiger charge is 2.28. The molecule has 0 fully saturated rings. The molecule has 0 aliphatic carbocycles. The fraction of sp³-hybridized carbons (Fsp3) is 0.278. The molecule has 0 aliphatic heterocycles. The van der Waals surface area contributed by atoms with Crippen LogP contribution in [-0.4, -0.2) is 12.4 Å². The van der Waals surface area contributed by atoms with E-state index in [9.17, 15) is 22.4 Å². The Morgan fingerprint density at radius 2 is 1.35 bits per heavy atom. The maximum atomic E-state index is 13.8. The highest BCUT2D eigenvalue weighted by molar-refractivity contribution is 15.0. The second-order valence-corrected chi connectivity index (χ2v) is 4.54. The monoisotopic (exact) mass is 598 g/mol. The molecule has 0 bridgehead atoms. The molecular formula is C18H20F4I2O2. The molecule has 0 saturated heterocycles. The summed E-state index contributed by atoms with van der Waals surface area (Å²) >= 11 is 4.24. The van der Waals surface area contributed by atoms with Gasteiger partial charge in [0, 0.05) is 48.4 Å². The largest absolute Gasteiger partial charge is 0.494 e. The topological polar surface area (TPSA) is 26.3 Å². The van der Waals surface area contributed by atoms with Crippen LogP contribution in [0.25, 0.3) is 0 Å². The van der Waals surface area contributed by atoms with Gasteiger partial charge in [-0.3, -0.25) is 4.79 Å². The quantitative estimate of drug-likeness (QED) is 0.161. The van der Waals surface area contributed by atoms with Gasteiger partial charge in [0.25, 0.3) is 0 Å². The zero-order valence-electron chi connectivity index (χ0n) is 12.6. The van der Waals surface area contributed by atoms with Gasteiger partial charge in [-0.25, -0.2) is 17.6 Å². The van der Waals surface area contributed by atoms with Gasteiger partial charge in [-0.15, -0.1) is 0 Å². The molecule has 0 saturated carbocycles. The van der Waals surface area contributed by atoms with Gasteiger partial charge in [-0.1, -0.05) is 14.9 Å². The average Bonchev–Trinajstić information content (AvgIpc) is 2.61. The molecule has 2 aromatic carbocycles. The van der Waals surface area contributed by atoms with Crippen molar-refractivity contribution in [2.75, 3.05) is 6.61 Å². The number of carbonyl (C=O) groups excluding carboxylic acids is 1. The van der Waals surface area contributed by atoms with Gasteiger partial charge in [-0.2, -0.15) is 0 Å². The number of hydrogen-bond donors (Lipinski definition) is 0. The minimum absolute atomic E-state index is 0. The molecule has 0 heterocycles. The first-order chi connectivity index (χ1) is 11.4. The Morgan fingerprint density at radius 3 is 1.73 bits per heavy atom. The lowest BCUT2D eigenvalue weighted by Gasteiger charge is -2.09. The van der Waals surface area contributed by atoms with E-state index in [0.717, 1.165) is 6.92 Å². The van der Waals surface area contributed by atoms with Crippen LogP contribution < -0.4 is 4.74 Å². The average molecular weight is 598 g/mol. The van der Waals surface area contributed by atoms with Crippen molar-refractivity contribution in [1.29, 1.82) is 0 Å². The molecule has 2 nitrogen and oxygen atoms in total. The van der Waals surface area contributed by atoms with Crippen molar-refractivity contribution in [3.05, 3.63) is 64.2 Å².